The quantitative estimate of drug-likeness (QED) is 0.254. The molecule has 3 saturated carbocycles. The molecule has 10 heteroatoms. The van der Waals surface area contributed by atoms with Gasteiger partial charge in [0, 0.05) is 22.4 Å². The fraction of sp³-hybridized carbons (Fsp3) is 0.714. The van der Waals surface area contributed by atoms with Crippen molar-refractivity contribution in [1.29, 1.82) is 0 Å². The number of benzene rings is 1. The number of carbonyl (C=O) groups excluding carboxylic acids is 4. The van der Waals surface area contributed by atoms with Crippen LogP contribution in [0.25, 0.3) is 0 Å². The summed E-state index contributed by atoms with van der Waals surface area (Å²) in [6.45, 7) is 0. The lowest BCUT2D eigenvalue weighted by molar-refractivity contribution is -0.146. The van der Waals surface area contributed by atoms with Crippen LogP contribution in [0.5, 0.6) is 0 Å². The van der Waals surface area contributed by atoms with Crippen molar-refractivity contribution in [1.82, 2.24) is 16.0 Å². The first-order valence-corrected chi connectivity index (χ1v) is 17.5. The number of esters is 1. The van der Waals surface area contributed by atoms with Gasteiger partial charge in [-0.05, 0) is 81.4 Å². The highest BCUT2D eigenvalue weighted by atomic mass is 35.5. The fourth-order valence-electron chi connectivity index (χ4n) is 8.30. The summed E-state index contributed by atoms with van der Waals surface area (Å²) in [6.07, 6.45) is 14.5. The lowest BCUT2D eigenvalue weighted by atomic mass is 9.78. The van der Waals surface area contributed by atoms with Gasteiger partial charge in [-0.2, -0.15) is 0 Å². The van der Waals surface area contributed by atoms with Gasteiger partial charge in [0.25, 0.3) is 0 Å². The highest BCUT2D eigenvalue weighted by Crippen LogP contribution is 2.39. The zero-order valence-corrected chi connectivity index (χ0v) is 27.4. The molecule has 1 aliphatic heterocycles. The Morgan fingerprint density at radius 2 is 1.71 bits per heavy atom. The molecule has 9 nitrogen and oxygen atoms in total. The van der Waals surface area contributed by atoms with Crippen molar-refractivity contribution in [3.8, 4) is 0 Å². The predicted octanol–water partition coefficient (Wildman–Crippen LogP) is 6.00. The fourth-order valence-corrected chi connectivity index (χ4v) is 8.51. The van der Waals surface area contributed by atoms with Gasteiger partial charge >= 0.3 is 12.1 Å². The van der Waals surface area contributed by atoms with Crippen LogP contribution >= 0.6 is 11.6 Å². The average molecular weight is 644 g/mol. The summed E-state index contributed by atoms with van der Waals surface area (Å²) < 4.78 is 11.0. The molecule has 248 valence electrons. The minimum absolute atomic E-state index is 0.0654. The SMILES string of the molecule is COC(=O)C(CC1CC2(CCCCC2)NC1=O)NC(=O)[C@H](CC1CCCCC1)NC(=O)OC1CCCC1Cc1cccc(Cl)c1. The Morgan fingerprint density at radius 1 is 0.956 bits per heavy atom. The smallest absolute Gasteiger partial charge is 0.408 e. The Kier molecular flexibility index (Phi) is 11.7. The first-order chi connectivity index (χ1) is 21.7. The number of hydrogen-bond donors (Lipinski definition) is 3. The molecule has 0 aromatic heterocycles. The van der Waals surface area contributed by atoms with E-state index in [2.05, 4.69) is 16.0 Å². The van der Waals surface area contributed by atoms with Crippen LogP contribution in [0.15, 0.2) is 24.3 Å². The molecule has 1 spiro atoms. The second-order valence-electron chi connectivity index (χ2n) is 14.0. The zero-order chi connectivity index (χ0) is 31.8. The molecular weight excluding hydrogens is 594 g/mol. The number of methoxy groups -OCH3 is 1. The Labute approximate surface area is 272 Å². The summed E-state index contributed by atoms with van der Waals surface area (Å²) in [6, 6.07) is 5.91. The minimum atomic E-state index is -0.986. The lowest BCUT2D eigenvalue weighted by Gasteiger charge is -2.33. The Morgan fingerprint density at radius 3 is 2.44 bits per heavy atom. The van der Waals surface area contributed by atoms with Crippen molar-refractivity contribution in [3.05, 3.63) is 34.9 Å². The van der Waals surface area contributed by atoms with Crippen molar-refractivity contribution in [3.63, 3.8) is 0 Å². The van der Waals surface area contributed by atoms with E-state index in [1.807, 2.05) is 24.3 Å². The molecule has 45 heavy (non-hydrogen) atoms. The maximum absolute atomic E-state index is 13.8. The number of carbonyl (C=O) groups is 4. The third-order valence-electron chi connectivity index (χ3n) is 10.7. The molecule has 1 aromatic carbocycles. The molecule has 0 radical (unpaired) electrons. The third-order valence-corrected chi connectivity index (χ3v) is 10.9. The van der Waals surface area contributed by atoms with Crippen molar-refractivity contribution in [2.24, 2.45) is 17.8 Å². The van der Waals surface area contributed by atoms with Crippen LogP contribution in [0.3, 0.4) is 0 Å². The highest BCUT2D eigenvalue weighted by Gasteiger charge is 2.46. The normalized spacial score (nSPS) is 26.1. The number of rotatable bonds is 11. The van der Waals surface area contributed by atoms with Crippen molar-refractivity contribution in [2.75, 3.05) is 7.11 Å². The maximum Gasteiger partial charge on any atom is 0.408 e. The lowest BCUT2D eigenvalue weighted by Crippen LogP contribution is -2.53. The molecule has 4 aliphatic rings. The van der Waals surface area contributed by atoms with Crippen molar-refractivity contribution < 1.29 is 28.7 Å². The predicted molar refractivity (Wildman–Crippen MR) is 172 cm³/mol. The summed E-state index contributed by atoms with van der Waals surface area (Å²) in [5.74, 6) is -1.02. The van der Waals surface area contributed by atoms with E-state index in [0.29, 0.717) is 23.8 Å². The molecule has 3 N–H and O–H groups in total. The van der Waals surface area contributed by atoms with E-state index in [0.717, 1.165) is 82.6 Å². The number of amides is 3. The number of nitrogens with one attached hydrogen (secondary N) is 3. The van der Waals surface area contributed by atoms with E-state index in [1.54, 1.807) is 0 Å². The first-order valence-electron chi connectivity index (χ1n) is 17.2. The van der Waals surface area contributed by atoms with Crippen LogP contribution in [0.1, 0.15) is 108 Å². The number of ether oxygens (including phenoxy) is 2. The molecule has 4 fully saturated rings. The van der Waals surface area contributed by atoms with Gasteiger partial charge in [0.2, 0.25) is 11.8 Å². The van der Waals surface area contributed by atoms with Gasteiger partial charge in [-0.3, -0.25) is 9.59 Å². The summed E-state index contributed by atoms with van der Waals surface area (Å²) in [4.78, 5) is 53.0. The molecule has 5 atom stereocenters. The first kappa shape index (κ1) is 33.6. The van der Waals surface area contributed by atoms with Gasteiger partial charge in [-0.1, -0.05) is 75.1 Å². The summed E-state index contributed by atoms with van der Waals surface area (Å²) in [5.41, 5.74) is 0.904. The van der Waals surface area contributed by atoms with E-state index in [1.165, 1.54) is 20.0 Å². The second kappa shape index (κ2) is 15.7. The Hall–Kier alpha value is -2.81. The Balaban J connectivity index is 1.23. The number of halogens is 1. The second-order valence-corrected chi connectivity index (χ2v) is 14.4. The van der Waals surface area contributed by atoms with Gasteiger partial charge in [-0.25, -0.2) is 9.59 Å². The summed E-state index contributed by atoms with van der Waals surface area (Å²) in [5, 5.41) is 9.63. The summed E-state index contributed by atoms with van der Waals surface area (Å²) >= 11 is 6.19. The van der Waals surface area contributed by atoms with Crippen molar-refractivity contribution >= 4 is 35.5 Å². The van der Waals surface area contributed by atoms with Crippen LogP contribution in [0, 0.1) is 17.8 Å². The maximum atomic E-state index is 13.8. The topological polar surface area (TPSA) is 123 Å². The van der Waals surface area contributed by atoms with E-state index in [9.17, 15) is 19.2 Å². The van der Waals surface area contributed by atoms with E-state index in [-0.39, 0.29) is 35.8 Å². The van der Waals surface area contributed by atoms with Gasteiger partial charge in [0.1, 0.15) is 18.2 Å². The monoisotopic (exact) mass is 643 g/mol. The van der Waals surface area contributed by atoms with Crippen LogP contribution in [-0.4, -0.2) is 54.7 Å². The molecule has 1 heterocycles. The largest absolute Gasteiger partial charge is 0.467 e. The molecule has 1 aromatic rings. The van der Waals surface area contributed by atoms with Crippen LogP contribution in [0.4, 0.5) is 4.79 Å². The molecule has 3 aliphatic carbocycles. The van der Waals surface area contributed by atoms with Crippen LogP contribution < -0.4 is 16.0 Å². The molecule has 4 unspecified atom stereocenters. The van der Waals surface area contributed by atoms with Crippen LogP contribution in [-0.2, 0) is 30.3 Å². The van der Waals surface area contributed by atoms with E-state index in [4.69, 9.17) is 21.1 Å². The zero-order valence-electron chi connectivity index (χ0n) is 26.6. The molecule has 3 amide bonds. The third kappa shape index (κ3) is 9.14. The minimum Gasteiger partial charge on any atom is -0.467 e. The van der Waals surface area contributed by atoms with Gasteiger partial charge in [0.15, 0.2) is 0 Å². The molecule has 0 bridgehead atoms. The average Bonchev–Trinajstić information content (AvgIpc) is 3.58. The molecule has 5 rings (SSSR count). The number of alkyl carbamates (subject to hydrolysis) is 1. The van der Waals surface area contributed by atoms with Gasteiger partial charge in [0.05, 0.1) is 7.11 Å². The van der Waals surface area contributed by atoms with Gasteiger partial charge < -0.3 is 25.4 Å². The summed E-state index contributed by atoms with van der Waals surface area (Å²) in [7, 11) is 1.29. The van der Waals surface area contributed by atoms with Crippen molar-refractivity contribution in [2.45, 2.75) is 133 Å². The van der Waals surface area contributed by atoms with E-state index >= 15 is 0 Å². The highest BCUT2D eigenvalue weighted by molar-refractivity contribution is 6.30. The molecule has 1 saturated heterocycles. The Bertz CT molecular complexity index is 1200. The molecular formula is C35H50ClN3O6. The van der Waals surface area contributed by atoms with Crippen LogP contribution in [0.2, 0.25) is 5.02 Å². The number of hydrogen-bond acceptors (Lipinski definition) is 6. The van der Waals surface area contributed by atoms with E-state index < -0.39 is 30.1 Å². The van der Waals surface area contributed by atoms with Gasteiger partial charge in [-0.15, -0.1) is 0 Å². The standard InChI is InChI=1S/C35H50ClN3O6/c1-44-33(42)29(21-26-22-35(39-31(26)40)16-6-3-7-17-35)37-32(41)28(20-23-10-4-2-5-11-23)38-34(43)45-30-15-9-13-25(30)18-24-12-8-14-27(36)19-24/h8,12,14,19,23,25-26,28-30H,2-7,9-11,13,15-18,20-22H2,1H3,(H,37,41)(H,38,43)(H,39,40)/t25?,26?,28-,29?,30?/m0/s1.